The van der Waals surface area contributed by atoms with Crippen molar-refractivity contribution in [3.8, 4) is 0 Å². The number of hydrogen-bond acceptors (Lipinski definition) is 5. The zero-order chi connectivity index (χ0) is 14.2. The Labute approximate surface area is 122 Å². The van der Waals surface area contributed by atoms with Crippen LogP contribution in [0.5, 0.6) is 0 Å². The number of nitro groups is 1. The predicted molar refractivity (Wildman–Crippen MR) is 75.2 cm³/mol. The lowest BCUT2D eigenvalue weighted by Gasteiger charge is -2.33. The molecule has 2 rings (SSSR count). The molecule has 0 aromatic carbocycles. The summed E-state index contributed by atoms with van der Waals surface area (Å²) < 4.78 is 1.30. The van der Waals surface area contributed by atoms with E-state index in [1.54, 1.807) is 11.9 Å². The van der Waals surface area contributed by atoms with Crippen LogP contribution in [0.1, 0.15) is 23.1 Å². The van der Waals surface area contributed by atoms with Gasteiger partial charge in [0.25, 0.3) is 5.91 Å². The van der Waals surface area contributed by atoms with Gasteiger partial charge in [0.05, 0.1) is 4.92 Å². The average Bonchev–Trinajstić information content (AvgIpc) is 2.64. The minimum Gasteiger partial charge on any atom is -0.332 e. The minimum atomic E-state index is -0.539. The number of nitrogens with one attached hydrogen (secondary N) is 1. The zero-order valence-corrected chi connectivity index (χ0v) is 12.4. The summed E-state index contributed by atoms with van der Waals surface area (Å²) in [4.78, 5) is 24.7. The molecule has 112 valence electrons. The van der Waals surface area contributed by atoms with E-state index in [1.807, 2.05) is 6.92 Å². The first kappa shape index (κ1) is 16.4. The first-order valence-electron chi connectivity index (χ1n) is 6.13. The number of nitrogens with zero attached hydrogens (tertiary/aromatic N) is 4. The van der Waals surface area contributed by atoms with Gasteiger partial charge in [-0.2, -0.15) is 5.10 Å². The van der Waals surface area contributed by atoms with Crippen molar-refractivity contribution in [2.24, 2.45) is 7.05 Å². The highest BCUT2D eigenvalue weighted by molar-refractivity contribution is 5.97. The summed E-state index contributed by atoms with van der Waals surface area (Å²) in [5.74, 6) is -0.330. The van der Waals surface area contributed by atoms with E-state index in [9.17, 15) is 14.9 Å². The third-order valence-corrected chi connectivity index (χ3v) is 3.34. The first-order valence-corrected chi connectivity index (χ1v) is 6.13. The summed E-state index contributed by atoms with van der Waals surface area (Å²) in [6.45, 7) is 5.38. The summed E-state index contributed by atoms with van der Waals surface area (Å²) in [5, 5.41) is 18.3. The topological polar surface area (TPSA) is 93.3 Å². The van der Waals surface area contributed by atoms with Gasteiger partial charge in [0, 0.05) is 32.7 Å². The van der Waals surface area contributed by atoms with Crippen LogP contribution in [0.2, 0.25) is 0 Å². The Balaban J connectivity index is 0.00000200. The molecule has 1 N–H and O–H groups in total. The van der Waals surface area contributed by atoms with Gasteiger partial charge in [0.15, 0.2) is 0 Å². The van der Waals surface area contributed by atoms with Crippen molar-refractivity contribution in [1.82, 2.24) is 20.0 Å². The molecule has 0 aliphatic carbocycles. The van der Waals surface area contributed by atoms with E-state index in [0.29, 0.717) is 19.6 Å². The second-order valence-electron chi connectivity index (χ2n) is 4.72. The van der Waals surface area contributed by atoms with Gasteiger partial charge in [-0.25, -0.2) is 0 Å². The van der Waals surface area contributed by atoms with E-state index in [4.69, 9.17) is 0 Å². The highest BCUT2D eigenvalue weighted by atomic mass is 35.5. The van der Waals surface area contributed by atoms with E-state index in [1.165, 1.54) is 11.6 Å². The number of rotatable bonds is 2. The Morgan fingerprint density at radius 2 is 2.20 bits per heavy atom. The highest BCUT2D eigenvalue weighted by Gasteiger charge is 2.34. The molecule has 2 heterocycles. The van der Waals surface area contributed by atoms with Gasteiger partial charge in [-0.1, -0.05) is 0 Å². The van der Waals surface area contributed by atoms with Crippen LogP contribution in [-0.4, -0.2) is 51.2 Å². The lowest BCUT2D eigenvalue weighted by Crippen LogP contribution is -2.52. The standard InChI is InChI=1S/C11H17N5O3.ClH/c1-7-6-12-4-5-15(7)11(17)10-9(16(18)19)8(2)13-14(10)3;/h7,12H,4-6H2,1-3H3;1H. The van der Waals surface area contributed by atoms with E-state index in [2.05, 4.69) is 10.4 Å². The van der Waals surface area contributed by atoms with Crippen molar-refractivity contribution >= 4 is 24.0 Å². The van der Waals surface area contributed by atoms with E-state index in [-0.39, 0.29) is 41.4 Å². The second-order valence-corrected chi connectivity index (χ2v) is 4.72. The predicted octanol–water partition coefficient (Wildman–Crippen LogP) is 0.492. The molecular weight excluding hydrogens is 286 g/mol. The largest absolute Gasteiger partial charge is 0.332 e. The van der Waals surface area contributed by atoms with Crippen molar-refractivity contribution in [2.75, 3.05) is 19.6 Å². The van der Waals surface area contributed by atoms with Crippen LogP contribution in [0.15, 0.2) is 0 Å². The fourth-order valence-corrected chi connectivity index (χ4v) is 2.38. The van der Waals surface area contributed by atoms with Gasteiger partial charge in [0.1, 0.15) is 5.69 Å². The second kappa shape index (κ2) is 6.19. The van der Waals surface area contributed by atoms with Crippen LogP contribution in [0.25, 0.3) is 0 Å². The lowest BCUT2D eigenvalue weighted by molar-refractivity contribution is -0.385. The smallest absolute Gasteiger partial charge is 0.322 e. The molecule has 9 heteroatoms. The summed E-state index contributed by atoms with van der Waals surface area (Å²) in [6.07, 6.45) is 0. The van der Waals surface area contributed by atoms with E-state index < -0.39 is 4.92 Å². The van der Waals surface area contributed by atoms with Crippen LogP contribution in [-0.2, 0) is 7.05 Å². The summed E-state index contributed by atoms with van der Waals surface area (Å²) >= 11 is 0. The summed E-state index contributed by atoms with van der Waals surface area (Å²) in [5.41, 5.74) is 0.119. The normalized spacial score (nSPS) is 18.6. The maximum Gasteiger partial charge on any atom is 0.322 e. The molecule has 0 spiro atoms. The van der Waals surface area contributed by atoms with Crippen molar-refractivity contribution in [3.05, 3.63) is 21.5 Å². The Morgan fingerprint density at radius 1 is 1.55 bits per heavy atom. The lowest BCUT2D eigenvalue weighted by atomic mass is 10.2. The molecule has 1 unspecified atom stereocenters. The minimum absolute atomic E-state index is 0. The number of aromatic nitrogens is 2. The van der Waals surface area contributed by atoms with Gasteiger partial charge in [-0.05, 0) is 13.8 Å². The average molecular weight is 304 g/mol. The van der Waals surface area contributed by atoms with Crippen molar-refractivity contribution in [1.29, 1.82) is 0 Å². The summed E-state index contributed by atoms with van der Waals surface area (Å²) in [7, 11) is 1.56. The van der Waals surface area contributed by atoms with Crippen LogP contribution in [0, 0.1) is 17.0 Å². The van der Waals surface area contributed by atoms with Crippen LogP contribution >= 0.6 is 12.4 Å². The molecule has 1 saturated heterocycles. The number of carbonyl (C=O) groups excluding carboxylic acids is 1. The van der Waals surface area contributed by atoms with Gasteiger partial charge >= 0.3 is 5.69 Å². The number of amides is 1. The van der Waals surface area contributed by atoms with Crippen LogP contribution < -0.4 is 5.32 Å². The highest BCUT2D eigenvalue weighted by Crippen LogP contribution is 2.24. The number of carbonyl (C=O) groups is 1. The first-order chi connectivity index (χ1) is 8.93. The molecule has 1 aromatic rings. The number of aryl methyl sites for hydroxylation is 2. The molecule has 0 saturated carbocycles. The molecule has 0 radical (unpaired) electrons. The monoisotopic (exact) mass is 303 g/mol. The van der Waals surface area contributed by atoms with Gasteiger partial charge in [0.2, 0.25) is 5.69 Å². The number of hydrogen-bond donors (Lipinski definition) is 1. The van der Waals surface area contributed by atoms with Crippen molar-refractivity contribution in [2.45, 2.75) is 19.9 Å². The van der Waals surface area contributed by atoms with Crippen LogP contribution in [0.3, 0.4) is 0 Å². The Kier molecular flexibility index (Phi) is 5.07. The molecule has 1 amide bonds. The molecule has 8 nitrogen and oxygen atoms in total. The SMILES string of the molecule is Cc1nn(C)c(C(=O)N2CCNCC2C)c1[N+](=O)[O-].Cl. The molecular formula is C11H18ClN5O3. The Bertz CT molecular complexity index is 530. The van der Waals surface area contributed by atoms with Crippen LogP contribution in [0.4, 0.5) is 5.69 Å². The Morgan fingerprint density at radius 3 is 2.75 bits per heavy atom. The molecule has 1 aliphatic heterocycles. The van der Waals surface area contributed by atoms with Gasteiger partial charge < -0.3 is 10.2 Å². The molecule has 1 fully saturated rings. The van der Waals surface area contributed by atoms with Gasteiger partial charge in [-0.3, -0.25) is 19.6 Å². The maximum atomic E-state index is 12.5. The maximum absolute atomic E-state index is 12.5. The quantitative estimate of drug-likeness (QED) is 0.634. The fraction of sp³-hybridized carbons (Fsp3) is 0.636. The van der Waals surface area contributed by atoms with E-state index >= 15 is 0 Å². The van der Waals surface area contributed by atoms with E-state index in [0.717, 1.165) is 0 Å². The fourth-order valence-electron chi connectivity index (χ4n) is 2.38. The van der Waals surface area contributed by atoms with Gasteiger partial charge in [-0.15, -0.1) is 12.4 Å². The van der Waals surface area contributed by atoms with Crippen molar-refractivity contribution in [3.63, 3.8) is 0 Å². The molecule has 1 atom stereocenters. The molecule has 1 aromatic heterocycles. The zero-order valence-electron chi connectivity index (χ0n) is 11.6. The molecule has 20 heavy (non-hydrogen) atoms. The Hall–Kier alpha value is -1.67. The molecule has 1 aliphatic rings. The van der Waals surface area contributed by atoms with Crippen molar-refractivity contribution < 1.29 is 9.72 Å². The third-order valence-electron chi connectivity index (χ3n) is 3.34. The third kappa shape index (κ3) is 2.75. The number of piperazine rings is 1. The number of halogens is 1. The summed E-state index contributed by atoms with van der Waals surface area (Å²) in [6, 6.07) is 0.0102. The molecule has 0 bridgehead atoms.